The monoisotopic (exact) mass is 306 g/mol. The lowest BCUT2D eigenvalue weighted by Crippen LogP contribution is -2.41. The van der Waals surface area contributed by atoms with E-state index >= 15 is 0 Å². The van der Waals surface area contributed by atoms with E-state index in [4.69, 9.17) is 9.47 Å². The molecule has 1 unspecified atom stereocenters. The molecule has 0 aromatic carbocycles. The Balaban J connectivity index is 1.85. The van der Waals surface area contributed by atoms with Gasteiger partial charge in [0.15, 0.2) is 6.29 Å². The molecule has 1 aliphatic carbocycles. The molecule has 22 heavy (non-hydrogen) atoms. The van der Waals surface area contributed by atoms with Crippen molar-refractivity contribution in [3.05, 3.63) is 24.8 Å². The van der Waals surface area contributed by atoms with Crippen LogP contribution in [-0.2, 0) is 19.1 Å². The van der Waals surface area contributed by atoms with E-state index in [1.165, 1.54) is 0 Å². The molecule has 0 amide bonds. The largest absolute Gasteiger partial charge is 0.353 e. The molecule has 0 aromatic heterocycles. The Morgan fingerprint density at radius 1 is 1.14 bits per heavy atom. The number of allylic oxidation sites excluding steroid dienone is 2. The molecule has 0 aromatic rings. The molecule has 0 N–H and O–H groups in total. The fourth-order valence-electron chi connectivity index (χ4n) is 3.19. The summed E-state index contributed by atoms with van der Waals surface area (Å²) in [4.78, 5) is 24.5. The van der Waals surface area contributed by atoms with E-state index < -0.39 is 5.41 Å². The highest BCUT2D eigenvalue weighted by atomic mass is 16.7. The normalized spacial score (nSPS) is 25.5. The van der Waals surface area contributed by atoms with Crippen molar-refractivity contribution in [2.75, 3.05) is 13.2 Å². The van der Waals surface area contributed by atoms with E-state index in [1.807, 2.05) is 12.2 Å². The van der Waals surface area contributed by atoms with Gasteiger partial charge in [-0.1, -0.05) is 18.2 Å². The summed E-state index contributed by atoms with van der Waals surface area (Å²) in [5.74, 6) is 0.120. The second-order valence-electron chi connectivity index (χ2n) is 6.08. The van der Waals surface area contributed by atoms with Gasteiger partial charge in [0.2, 0.25) is 0 Å². The van der Waals surface area contributed by atoms with Crippen molar-refractivity contribution in [2.24, 2.45) is 5.41 Å². The summed E-state index contributed by atoms with van der Waals surface area (Å²) in [6.45, 7) is 4.92. The van der Waals surface area contributed by atoms with Crippen LogP contribution in [0.25, 0.3) is 0 Å². The zero-order valence-electron chi connectivity index (χ0n) is 13.2. The Bertz CT molecular complexity index is 416. The number of rotatable bonds is 7. The number of carbonyl (C=O) groups excluding carboxylic acids is 2. The first-order valence-corrected chi connectivity index (χ1v) is 8.25. The molecule has 4 heteroatoms. The van der Waals surface area contributed by atoms with Gasteiger partial charge in [-0.3, -0.25) is 9.59 Å². The molecule has 4 nitrogen and oxygen atoms in total. The lowest BCUT2D eigenvalue weighted by molar-refractivity contribution is -0.155. The number of carbonyl (C=O) groups is 2. The van der Waals surface area contributed by atoms with Gasteiger partial charge in [0.25, 0.3) is 0 Å². The minimum atomic E-state index is -0.877. The van der Waals surface area contributed by atoms with Gasteiger partial charge in [0.05, 0.1) is 12.0 Å². The SMILES string of the molecule is C=CCC1(C/C=C/COC2CCCCO2)C(=O)CCCC1=O. The minimum Gasteiger partial charge on any atom is -0.353 e. The topological polar surface area (TPSA) is 52.6 Å². The zero-order chi connectivity index (χ0) is 15.8. The van der Waals surface area contributed by atoms with Crippen molar-refractivity contribution in [1.82, 2.24) is 0 Å². The predicted molar refractivity (Wildman–Crippen MR) is 84.4 cm³/mol. The summed E-state index contributed by atoms with van der Waals surface area (Å²) < 4.78 is 11.1. The number of ether oxygens (including phenoxy) is 2. The molecule has 2 fully saturated rings. The van der Waals surface area contributed by atoms with Crippen LogP contribution in [0.15, 0.2) is 24.8 Å². The molecular weight excluding hydrogens is 280 g/mol. The van der Waals surface area contributed by atoms with E-state index in [0.29, 0.717) is 38.7 Å². The molecular formula is C18H26O4. The molecule has 2 rings (SSSR count). The van der Waals surface area contributed by atoms with Gasteiger partial charge in [-0.2, -0.15) is 0 Å². The summed E-state index contributed by atoms with van der Waals surface area (Å²) in [6.07, 6.45) is 11.1. The summed E-state index contributed by atoms with van der Waals surface area (Å²) in [5.41, 5.74) is -0.877. The first kappa shape index (κ1) is 17.1. The molecule has 2 aliphatic rings. The molecule has 0 spiro atoms. The fraction of sp³-hybridized carbons (Fsp3) is 0.667. The highest BCUT2D eigenvalue weighted by molar-refractivity contribution is 6.09. The summed E-state index contributed by atoms with van der Waals surface area (Å²) in [5, 5.41) is 0. The summed E-state index contributed by atoms with van der Waals surface area (Å²) >= 11 is 0. The maximum atomic E-state index is 12.3. The van der Waals surface area contributed by atoms with Crippen molar-refractivity contribution in [3.63, 3.8) is 0 Å². The third-order valence-corrected chi connectivity index (χ3v) is 4.52. The lowest BCUT2D eigenvalue weighted by Gasteiger charge is -2.32. The first-order valence-electron chi connectivity index (χ1n) is 8.25. The van der Waals surface area contributed by atoms with Crippen LogP contribution in [0, 0.1) is 5.41 Å². The molecule has 1 atom stereocenters. The first-order chi connectivity index (χ1) is 10.7. The maximum absolute atomic E-state index is 12.3. The van der Waals surface area contributed by atoms with Crippen LogP contribution >= 0.6 is 0 Å². The number of hydrogen-bond donors (Lipinski definition) is 0. The van der Waals surface area contributed by atoms with Crippen molar-refractivity contribution in [2.45, 2.75) is 57.7 Å². The van der Waals surface area contributed by atoms with Crippen LogP contribution in [0.4, 0.5) is 0 Å². The highest BCUT2D eigenvalue weighted by Gasteiger charge is 2.44. The van der Waals surface area contributed by atoms with Gasteiger partial charge >= 0.3 is 0 Å². The number of Topliss-reactive ketones (excluding diaryl/α,β-unsaturated/α-hetero) is 2. The van der Waals surface area contributed by atoms with Crippen LogP contribution in [0.5, 0.6) is 0 Å². The van der Waals surface area contributed by atoms with Crippen molar-refractivity contribution >= 4 is 11.6 Å². The van der Waals surface area contributed by atoms with E-state index in [9.17, 15) is 9.59 Å². The van der Waals surface area contributed by atoms with Gasteiger partial charge in [0, 0.05) is 19.4 Å². The molecule has 1 aliphatic heterocycles. The highest BCUT2D eigenvalue weighted by Crippen LogP contribution is 2.37. The standard InChI is InChI=1S/C18H26O4/c1-2-11-18(15(19)8-7-9-16(18)20)12-4-6-14-22-17-10-3-5-13-21-17/h2,4,6,17H,1,3,5,7-14H2/b6-4+. The molecule has 1 heterocycles. The fourth-order valence-corrected chi connectivity index (χ4v) is 3.19. The molecule has 122 valence electrons. The van der Waals surface area contributed by atoms with E-state index in [0.717, 1.165) is 25.9 Å². The molecule has 0 radical (unpaired) electrons. The van der Waals surface area contributed by atoms with Crippen LogP contribution in [0.2, 0.25) is 0 Å². The quantitative estimate of drug-likeness (QED) is 0.534. The lowest BCUT2D eigenvalue weighted by atomic mass is 9.67. The van der Waals surface area contributed by atoms with E-state index in [2.05, 4.69) is 6.58 Å². The van der Waals surface area contributed by atoms with Crippen molar-refractivity contribution in [3.8, 4) is 0 Å². The second kappa shape index (κ2) is 8.39. The zero-order valence-corrected chi connectivity index (χ0v) is 13.2. The molecule has 1 saturated heterocycles. The second-order valence-corrected chi connectivity index (χ2v) is 6.08. The van der Waals surface area contributed by atoms with Crippen LogP contribution in [0.1, 0.15) is 51.4 Å². The maximum Gasteiger partial charge on any atom is 0.157 e. The Hall–Kier alpha value is -1.26. The van der Waals surface area contributed by atoms with Crippen LogP contribution < -0.4 is 0 Å². The summed E-state index contributed by atoms with van der Waals surface area (Å²) in [6, 6.07) is 0. The number of ketones is 2. The minimum absolute atomic E-state index is 0.0600. The third-order valence-electron chi connectivity index (χ3n) is 4.52. The third kappa shape index (κ3) is 4.14. The number of hydrogen-bond acceptors (Lipinski definition) is 4. The predicted octanol–water partition coefficient (Wildman–Crippen LogP) is 3.36. The van der Waals surface area contributed by atoms with E-state index in [-0.39, 0.29) is 17.9 Å². The smallest absolute Gasteiger partial charge is 0.157 e. The average molecular weight is 306 g/mol. The molecule has 1 saturated carbocycles. The van der Waals surface area contributed by atoms with Crippen LogP contribution in [0.3, 0.4) is 0 Å². The van der Waals surface area contributed by atoms with Gasteiger partial charge < -0.3 is 9.47 Å². The van der Waals surface area contributed by atoms with Gasteiger partial charge in [-0.05, 0) is 38.5 Å². The average Bonchev–Trinajstić information content (AvgIpc) is 2.53. The van der Waals surface area contributed by atoms with E-state index in [1.54, 1.807) is 6.08 Å². The van der Waals surface area contributed by atoms with Gasteiger partial charge in [-0.15, -0.1) is 6.58 Å². The van der Waals surface area contributed by atoms with Crippen molar-refractivity contribution in [1.29, 1.82) is 0 Å². The van der Waals surface area contributed by atoms with Gasteiger partial charge in [0.1, 0.15) is 11.6 Å². The summed E-state index contributed by atoms with van der Waals surface area (Å²) in [7, 11) is 0. The Morgan fingerprint density at radius 2 is 1.91 bits per heavy atom. The van der Waals surface area contributed by atoms with Crippen molar-refractivity contribution < 1.29 is 19.1 Å². The Labute approximate surface area is 132 Å². The molecule has 0 bridgehead atoms. The Morgan fingerprint density at radius 3 is 2.55 bits per heavy atom. The van der Waals surface area contributed by atoms with Gasteiger partial charge in [-0.25, -0.2) is 0 Å². The Kier molecular flexibility index (Phi) is 6.52. The van der Waals surface area contributed by atoms with Crippen LogP contribution in [-0.4, -0.2) is 31.1 Å².